The van der Waals surface area contributed by atoms with Gasteiger partial charge in [0.05, 0.1) is 18.2 Å². The maximum Gasteiger partial charge on any atom is 0.470 e. The van der Waals surface area contributed by atoms with Crippen LogP contribution in [-0.4, -0.2) is 132 Å². The number of nitrogens with zero attached hydrogens (tertiary/aromatic N) is 7. The minimum Gasteiger partial charge on any atom is -0.756 e. The van der Waals surface area contributed by atoms with E-state index in [9.17, 15) is 38.5 Å². The summed E-state index contributed by atoms with van der Waals surface area (Å²) in [5.41, 5.74) is 14.7. The highest BCUT2D eigenvalue weighted by Gasteiger charge is 2.50. The number of carbonyl (C=O) groups is 2. The van der Waals surface area contributed by atoms with Crippen molar-refractivity contribution in [3.8, 4) is 11.5 Å². The second kappa shape index (κ2) is 23.7. The molecule has 1 unspecified atom stereocenters. The Labute approximate surface area is 476 Å². The topological polar surface area (TPSA) is 312 Å². The molecule has 3 aromatic carbocycles. The number of rotatable bonds is 22. The molecule has 5 atom stereocenters. The number of nitrogen functional groups attached to an aromatic ring is 1. The highest BCUT2D eigenvalue weighted by molar-refractivity contribution is 7.46. The first-order valence-corrected chi connectivity index (χ1v) is 30.7. The van der Waals surface area contributed by atoms with Gasteiger partial charge in [0.1, 0.15) is 42.7 Å². The number of phosphoric ester groups is 2. The van der Waals surface area contributed by atoms with E-state index >= 15 is 0 Å². The summed E-state index contributed by atoms with van der Waals surface area (Å²) in [6, 6.07) is 16.6. The predicted octanol–water partition coefficient (Wildman–Crippen LogP) is 5.34. The second-order valence-electron chi connectivity index (χ2n) is 22.3. The van der Waals surface area contributed by atoms with Crippen molar-refractivity contribution in [2.45, 2.75) is 130 Å². The minimum atomic E-state index is -5.31. The molecule has 25 heteroatoms. The summed E-state index contributed by atoms with van der Waals surface area (Å²) >= 11 is 0. The van der Waals surface area contributed by atoms with Gasteiger partial charge in [-0.1, -0.05) is 37.1 Å². The Kier molecular flexibility index (Phi) is 17.4. The van der Waals surface area contributed by atoms with Crippen LogP contribution in [0.1, 0.15) is 133 Å². The van der Waals surface area contributed by atoms with E-state index in [0.717, 1.165) is 87.8 Å². The Bertz CT molecular complexity index is 3610. The number of carbonyl (C=O) groups excluding carboxylic acids is 2. The van der Waals surface area contributed by atoms with E-state index in [1.165, 1.54) is 15.7 Å². The Morgan fingerprint density at radius 2 is 1.63 bits per heavy atom. The number of aliphatic hydroxyl groups excluding tert-OH is 1. The van der Waals surface area contributed by atoms with Crippen molar-refractivity contribution in [2.24, 2.45) is 0 Å². The van der Waals surface area contributed by atoms with E-state index < -0.39 is 46.8 Å². The first kappa shape index (κ1) is 60.2. The molecule has 440 valence electrons. The molecule has 1 fully saturated rings. The van der Waals surface area contributed by atoms with E-state index in [2.05, 4.69) is 131 Å². The van der Waals surface area contributed by atoms with Gasteiger partial charge in [0, 0.05) is 98.3 Å². The molecule has 4 aliphatic heterocycles. The molecule has 2 amide bonds. The number of imidazole rings is 1. The highest BCUT2D eigenvalue weighted by Crippen LogP contribution is 2.48. The maximum atomic E-state index is 14.7. The zero-order valence-electron chi connectivity index (χ0n) is 47.7. The lowest BCUT2D eigenvalue weighted by Gasteiger charge is -2.43. The average Bonchev–Trinajstić information content (AvgIpc) is 1.42. The van der Waals surface area contributed by atoms with E-state index in [1.54, 1.807) is 11.9 Å². The van der Waals surface area contributed by atoms with Crippen LogP contribution >= 0.6 is 15.6 Å². The number of allylic oxidation sites excluding steroid dienone is 2. The number of benzene rings is 3. The molecule has 0 saturated carbocycles. The molecule has 0 aliphatic carbocycles. The molecule has 1 saturated heterocycles. The molecular weight excluding hydrogens is 1090 g/mol. The van der Waals surface area contributed by atoms with Gasteiger partial charge < -0.3 is 64.8 Å². The minimum absolute atomic E-state index is 0.0138. The smallest absolute Gasteiger partial charge is 0.470 e. The molecule has 23 nitrogen and oxygen atoms in total. The number of hydrogen-bond donors (Lipinski definition) is 7. The second-order valence-corrected chi connectivity index (χ2v) is 24.7. The summed E-state index contributed by atoms with van der Waals surface area (Å²) < 4.78 is 48.9. The fraction of sp³-hybridized carbons (Fsp3) is 0.474. The van der Waals surface area contributed by atoms with Crippen molar-refractivity contribution in [1.82, 2.24) is 34.3 Å². The quantitative estimate of drug-likeness (QED) is 0.0256. The van der Waals surface area contributed by atoms with Gasteiger partial charge in [-0.2, -0.15) is 0 Å². The molecule has 9 rings (SSSR count). The third-order valence-corrected chi connectivity index (χ3v) is 16.7. The normalized spacial score (nSPS) is 20.4. The molecule has 6 heterocycles. The van der Waals surface area contributed by atoms with Crippen LogP contribution in [0.4, 0.5) is 17.5 Å². The lowest BCUT2D eigenvalue weighted by atomic mass is 9.83. The number of phosphoric acid groups is 2. The SMILES string of the molecule is CCN1c2cc3c(cc2C(C)=CC1(C)C)C(c1ccccc1C(=O)N(C)CCCC(=O)NCCCCCCNc1nc2c(N)ncnc2n1[C@@H]1O[C@H](COP(=O)([O-])O)[C@@H](OP(=O)(O)O)[C@H]1O)=c1cc2c(cc1O3)=[N+](CC)C(C)(C)C=C2C. The first-order chi connectivity index (χ1) is 38.7. The van der Waals surface area contributed by atoms with E-state index in [4.69, 9.17) is 24.6 Å². The standard InChI is InChI=1S/C57H74N10O13P2/c1-10-65-41-27-43-39(25-37(41)33(3)29-56(65,5)6)47(40-26-38-34(4)30-57(7,8)66(11-2)42(38)28-44(40)78-43)35-19-14-15-20-36(35)53(70)64(9)24-18-21-46(68)59-22-16-12-13-17-23-60-55-63-48-51(58)61-32-62-52(48)67(55)54-49(69)50(80-82(74,75)76)45(79-54)31-77-81(71,72)73/h14-15,19-20,25-30,32,45,49-50,54,58,69H,10-13,16-18,21-24,31H2,1-9H3,(H6,59,68,70,71,72,73,74,75,76)/t45-,49-,50-,54-/m1/s1. The monoisotopic (exact) mass is 1170 g/mol. The lowest BCUT2D eigenvalue weighted by molar-refractivity contribution is -0.222. The van der Waals surface area contributed by atoms with Crippen LogP contribution in [0.3, 0.4) is 0 Å². The van der Waals surface area contributed by atoms with Gasteiger partial charge in [-0.25, -0.2) is 24.1 Å². The number of aromatic nitrogens is 4. The Morgan fingerprint density at radius 3 is 2.34 bits per heavy atom. The van der Waals surface area contributed by atoms with Gasteiger partial charge in [0.15, 0.2) is 28.7 Å². The van der Waals surface area contributed by atoms with Crippen molar-refractivity contribution in [3.05, 3.63) is 105 Å². The molecule has 0 radical (unpaired) electrons. The van der Waals surface area contributed by atoms with E-state index in [-0.39, 0.29) is 52.2 Å². The zero-order valence-corrected chi connectivity index (χ0v) is 49.5. The van der Waals surface area contributed by atoms with Gasteiger partial charge >= 0.3 is 7.82 Å². The molecular formula is C57H74N10O13P2. The average molecular weight is 1170 g/mol. The number of hydrogen-bond acceptors (Lipinski definition) is 16. The fourth-order valence-electron chi connectivity index (χ4n) is 12.1. The molecule has 4 aliphatic rings. The molecule has 2 aromatic heterocycles. The van der Waals surface area contributed by atoms with Crippen molar-refractivity contribution in [3.63, 3.8) is 0 Å². The molecule has 0 bridgehead atoms. The lowest BCUT2D eigenvalue weighted by Crippen LogP contribution is -2.49. The van der Waals surface area contributed by atoms with Crippen LogP contribution in [-0.2, 0) is 27.7 Å². The Hall–Kier alpha value is -6.36. The van der Waals surface area contributed by atoms with Crippen LogP contribution in [0, 0.1) is 0 Å². The summed E-state index contributed by atoms with van der Waals surface area (Å²) in [7, 11) is -8.79. The number of anilines is 3. The van der Waals surface area contributed by atoms with E-state index in [0.29, 0.717) is 44.5 Å². The van der Waals surface area contributed by atoms with Crippen LogP contribution in [0.25, 0.3) is 27.9 Å². The van der Waals surface area contributed by atoms with Crippen LogP contribution in [0.2, 0.25) is 0 Å². The van der Waals surface area contributed by atoms with Crippen LogP contribution in [0.15, 0.2) is 67.0 Å². The number of unbranched alkanes of at least 4 members (excludes halogenated alkanes) is 3. The molecule has 8 N–H and O–H groups in total. The maximum absolute atomic E-state index is 14.7. The van der Waals surface area contributed by atoms with Crippen molar-refractivity contribution in [2.75, 3.05) is 62.3 Å². The van der Waals surface area contributed by atoms with Crippen LogP contribution < -0.4 is 46.0 Å². The fourth-order valence-corrected chi connectivity index (χ4v) is 13.0. The molecule has 5 aromatic rings. The van der Waals surface area contributed by atoms with Gasteiger partial charge in [-0.05, 0) is 102 Å². The number of fused-ring (bicyclic) bond motifs is 5. The predicted molar refractivity (Wildman–Crippen MR) is 309 cm³/mol. The van der Waals surface area contributed by atoms with Crippen molar-refractivity contribution < 1.29 is 61.9 Å². The highest BCUT2D eigenvalue weighted by atomic mass is 31.2. The van der Waals surface area contributed by atoms with E-state index in [1.807, 2.05) is 24.3 Å². The molecule has 0 spiro atoms. The summed E-state index contributed by atoms with van der Waals surface area (Å²) in [5, 5.41) is 19.4. The third-order valence-electron chi connectivity index (χ3n) is 15.7. The number of nitrogens with two attached hydrogens (primary N) is 1. The van der Waals surface area contributed by atoms with Gasteiger partial charge in [-0.3, -0.25) is 23.2 Å². The number of nitrogens with one attached hydrogen (secondary N) is 2. The van der Waals surface area contributed by atoms with Crippen LogP contribution in [0.5, 0.6) is 11.5 Å². The summed E-state index contributed by atoms with van der Waals surface area (Å²) in [6.45, 7) is 19.4. The summed E-state index contributed by atoms with van der Waals surface area (Å²) in [6.07, 6.45) is 2.54. The summed E-state index contributed by atoms with van der Waals surface area (Å²) in [4.78, 5) is 84.2. The molecule has 82 heavy (non-hydrogen) atoms. The van der Waals surface area contributed by atoms with Crippen molar-refractivity contribution >= 4 is 72.8 Å². The van der Waals surface area contributed by atoms with Gasteiger partial charge in [0.2, 0.25) is 17.2 Å². The number of ether oxygens (including phenoxy) is 2. The number of amides is 2. The van der Waals surface area contributed by atoms with Crippen molar-refractivity contribution in [1.29, 1.82) is 0 Å². The van der Waals surface area contributed by atoms with Gasteiger partial charge in [-0.15, -0.1) is 0 Å². The zero-order chi connectivity index (χ0) is 59.2. The number of likely N-dealkylation sites (N-methyl/N-ethyl adjacent to an activating group) is 2. The first-order valence-electron chi connectivity index (χ1n) is 27.7. The Morgan fingerprint density at radius 1 is 0.915 bits per heavy atom. The third kappa shape index (κ3) is 12.5. The summed E-state index contributed by atoms with van der Waals surface area (Å²) in [5.74, 6) is 1.26. The largest absolute Gasteiger partial charge is 0.756 e. The van der Waals surface area contributed by atoms with Gasteiger partial charge in [0.25, 0.3) is 13.7 Å². The number of aliphatic hydroxyl groups is 1. The Balaban J connectivity index is 0.828.